The number of hydrazine groups is 1. The van der Waals surface area contributed by atoms with Crippen molar-refractivity contribution in [3.63, 3.8) is 0 Å². The monoisotopic (exact) mass is 301 g/mol. The van der Waals surface area contributed by atoms with Gasteiger partial charge < -0.3 is 15.5 Å². The van der Waals surface area contributed by atoms with Crippen LogP contribution in [0.4, 0.5) is 0 Å². The maximum atomic E-state index is 12.2. The smallest absolute Gasteiger partial charge is 0.322 e. The van der Waals surface area contributed by atoms with Crippen molar-refractivity contribution >= 4 is 17.8 Å². The molecule has 1 saturated heterocycles. The molecular weight excluding hydrogens is 278 g/mol. The van der Waals surface area contributed by atoms with Crippen LogP contribution in [-0.2, 0) is 14.4 Å². The Labute approximate surface area is 123 Å². The number of carboxylic acid groups (broad SMARTS) is 1. The van der Waals surface area contributed by atoms with E-state index in [1.54, 1.807) is 13.8 Å². The highest BCUT2D eigenvalue weighted by atomic mass is 16.4. The topological polar surface area (TPSA) is 119 Å². The molecule has 120 valence electrons. The van der Waals surface area contributed by atoms with E-state index in [1.165, 1.54) is 11.9 Å². The second-order valence-electron chi connectivity index (χ2n) is 5.57. The molecule has 1 aliphatic rings. The molecule has 4 N–H and O–H groups in total. The van der Waals surface area contributed by atoms with Crippen LogP contribution in [0.5, 0.6) is 0 Å². The van der Waals surface area contributed by atoms with E-state index in [9.17, 15) is 19.5 Å². The first-order valence-corrected chi connectivity index (χ1v) is 7.02. The zero-order chi connectivity index (χ0) is 16.2. The van der Waals surface area contributed by atoms with E-state index in [0.29, 0.717) is 19.4 Å². The summed E-state index contributed by atoms with van der Waals surface area (Å²) < 4.78 is 0. The number of rotatable bonds is 5. The number of nitrogens with one attached hydrogen (secondary N) is 2. The van der Waals surface area contributed by atoms with Crippen molar-refractivity contribution in [3.05, 3.63) is 0 Å². The molecule has 3 unspecified atom stereocenters. The van der Waals surface area contributed by atoms with Gasteiger partial charge in [-0.25, -0.2) is 5.43 Å². The molecule has 1 rings (SSSR count). The lowest BCUT2D eigenvalue weighted by Gasteiger charge is -2.33. The Morgan fingerprint density at radius 2 is 1.90 bits per heavy atom. The van der Waals surface area contributed by atoms with Gasteiger partial charge in [-0.15, -0.1) is 0 Å². The number of nitrogens with zero attached hydrogens (tertiary/aromatic N) is 1. The van der Waals surface area contributed by atoms with Crippen molar-refractivity contribution in [2.24, 2.45) is 5.92 Å². The number of aliphatic hydroxyl groups is 1. The van der Waals surface area contributed by atoms with Crippen molar-refractivity contribution in [1.29, 1.82) is 0 Å². The number of aliphatic hydroxyl groups excluding tert-OH is 1. The normalized spacial score (nSPS) is 21.8. The fraction of sp³-hybridized carbons (Fsp3) is 0.769. The summed E-state index contributed by atoms with van der Waals surface area (Å²) in [5.41, 5.74) is 2.63. The van der Waals surface area contributed by atoms with Crippen LogP contribution in [-0.4, -0.2) is 57.7 Å². The molecule has 2 amide bonds. The summed E-state index contributed by atoms with van der Waals surface area (Å²) in [6.07, 6.45) is -0.155. The minimum absolute atomic E-state index is 0.253. The third-order valence-corrected chi connectivity index (χ3v) is 3.38. The lowest BCUT2D eigenvalue weighted by atomic mass is 10.1. The number of carboxylic acids is 1. The summed E-state index contributed by atoms with van der Waals surface area (Å²) in [5.74, 6) is -2.31. The third-order valence-electron chi connectivity index (χ3n) is 3.38. The average Bonchev–Trinajstić information content (AvgIpc) is 2.45. The molecule has 0 radical (unpaired) electrons. The fourth-order valence-corrected chi connectivity index (χ4v) is 2.02. The van der Waals surface area contributed by atoms with Crippen molar-refractivity contribution in [2.75, 3.05) is 6.54 Å². The van der Waals surface area contributed by atoms with Gasteiger partial charge in [0.15, 0.2) is 0 Å². The first-order chi connectivity index (χ1) is 9.73. The van der Waals surface area contributed by atoms with Crippen molar-refractivity contribution in [2.45, 2.75) is 51.8 Å². The maximum Gasteiger partial charge on any atom is 0.322 e. The van der Waals surface area contributed by atoms with E-state index in [4.69, 9.17) is 5.11 Å². The molecule has 0 aromatic rings. The lowest BCUT2D eigenvalue weighted by Crippen LogP contribution is -2.59. The molecule has 8 nitrogen and oxygen atoms in total. The molecular formula is C13H23N3O5. The molecule has 1 aliphatic heterocycles. The number of amides is 2. The van der Waals surface area contributed by atoms with Crippen LogP contribution >= 0.6 is 0 Å². The minimum atomic E-state index is -1.18. The highest BCUT2D eigenvalue weighted by molar-refractivity contribution is 5.89. The van der Waals surface area contributed by atoms with Crippen molar-refractivity contribution < 1.29 is 24.6 Å². The van der Waals surface area contributed by atoms with E-state index in [2.05, 4.69) is 10.7 Å². The Morgan fingerprint density at radius 3 is 2.43 bits per heavy atom. The quantitative estimate of drug-likeness (QED) is 0.522. The van der Waals surface area contributed by atoms with Gasteiger partial charge in [0.2, 0.25) is 5.91 Å². The Morgan fingerprint density at radius 1 is 1.29 bits per heavy atom. The van der Waals surface area contributed by atoms with Crippen LogP contribution in [0.1, 0.15) is 33.6 Å². The number of aliphatic carboxylic acids is 1. The highest BCUT2D eigenvalue weighted by Crippen LogP contribution is 2.09. The van der Waals surface area contributed by atoms with Gasteiger partial charge in [0.25, 0.3) is 5.91 Å². The van der Waals surface area contributed by atoms with Crippen LogP contribution in [0, 0.1) is 5.92 Å². The van der Waals surface area contributed by atoms with E-state index >= 15 is 0 Å². The van der Waals surface area contributed by atoms with Gasteiger partial charge in [0.1, 0.15) is 18.2 Å². The lowest BCUT2D eigenvalue weighted by molar-refractivity contribution is -0.149. The molecule has 0 saturated carbocycles. The first-order valence-electron chi connectivity index (χ1n) is 7.02. The zero-order valence-electron chi connectivity index (χ0n) is 12.5. The molecule has 21 heavy (non-hydrogen) atoms. The van der Waals surface area contributed by atoms with Crippen molar-refractivity contribution in [1.82, 2.24) is 15.8 Å². The highest BCUT2D eigenvalue weighted by Gasteiger charge is 2.31. The Kier molecular flexibility index (Phi) is 6.10. The van der Waals surface area contributed by atoms with Crippen LogP contribution in [0.2, 0.25) is 0 Å². The molecule has 3 atom stereocenters. The molecule has 8 heteroatoms. The van der Waals surface area contributed by atoms with E-state index in [0.717, 1.165) is 0 Å². The Balaban J connectivity index is 2.57. The molecule has 1 fully saturated rings. The van der Waals surface area contributed by atoms with Gasteiger partial charge in [-0.1, -0.05) is 13.8 Å². The predicted molar refractivity (Wildman–Crippen MR) is 74.0 cm³/mol. The standard InChI is InChI=1S/C13H23N3O5/c1-7(2)10(17)11(18)14-8(3)12(19)16-6-4-5-9(15-16)13(20)21/h7-10,15,17H,4-6H2,1-3H3,(H,14,18)(H,20,21). The second-order valence-corrected chi connectivity index (χ2v) is 5.57. The molecule has 0 aliphatic carbocycles. The average molecular weight is 301 g/mol. The van der Waals surface area contributed by atoms with Gasteiger partial charge in [-0.3, -0.25) is 19.4 Å². The van der Waals surface area contributed by atoms with Gasteiger partial charge >= 0.3 is 5.97 Å². The molecule has 0 aromatic carbocycles. The maximum absolute atomic E-state index is 12.2. The van der Waals surface area contributed by atoms with Gasteiger partial charge in [-0.2, -0.15) is 0 Å². The number of hydrogen-bond acceptors (Lipinski definition) is 5. The summed E-state index contributed by atoms with van der Waals surface area (Å²) in [5, 5.41) is 22.2. The van der Waals surface area contributed by atoms with Crippen molar-refractivity contribution in [3.8, 4) is 0 Å². The van der Waals surface area contributed by atoms with Gasteiger partial charge in [-0.05, 0) is 25.7 Å². The second kappa shape index (κ2) is 7.37. The van der Waals surface area contributed by atoms with Crippen LogP contribution in [0.15, 0.2) is 0 Å². The summed E-state index contributed by atoms with van der Waals surface area (Å²) >= 11 is 0. The van der Waals surface area contributed by atoms with Gasteiger partial charge in [0.05, 0.1) is 0 Å². The number of carbonyl (C=O) groups excluding carboxylic acids is 2. The Bertz CT molecular complexity index is 413. The van der Waals surface area contributed by atoms with Crippen LogP contribution in [0.3, 0.4) is 0 Å². The predicted octanol–water partition coefficient (Wildman–Crippen LogP) is -0.912. The summed E-state index contributed by atoms with van der Waals surface area (Å²) in [7, 11) is 0. The van der Waals surface area contributed by atoms with E-state index in [-0.39, 0.29) is 5.92 Å². The van der Waals surface area contributed by atoms with Crippen LogP contribution < -0.4 is 10.7 Å². The summed E-state index contributed by atoms with van der Waals surface area (Å²) in [6.45, 7) is 5.27. The third kappa shape index (κ3) is 4.68. The fourth-order valence-electron chi connectivity index (χ4n) is 2.02. The van der Waals surface area contributed by atoms with Gasteiger partial charge in [0, 0.05) is 6.54 Å². The summed E-state index contributed by atoms with van der Waals surface area (Å²) in [6, 6.07) is -1.64. The molecule has 0 spiro atoms. The zero-order valence-corrected chi connectivity index (χ0v) is 12.5. The number of carbonyl (C=O) groups is 3. The van der Waals surface area contributed by atoms with Crippen LogP contribution in [0.25, 0.3) is 0 Å². The minimum Gasteiger partial charge on any atom is -0.480 e. The SMILES string of the molecule is CC(NC(=O)C(O)C(C)C)C(=O)N1CCCC(C(=O)O)N1. The molecule has 0 bridgehead atoms. The number of hydrogen-bond donors (Lipinski definition) is 4. The molecule has 0 aromatic heterocycles. The largest absolute Gasteiger partial charge is 0.480 e. The van der Waals surface area contributed by atoms with E-state index in [1.807, 2.05) is 0 Å². The van der Waals surface area contributed by atoms with E-state index < -0.39 is 36.0 Å². The Hall–Kier alpha value is -1.67. The first kappa shape index (κ1) is 17.4. The molecule has 1 heterocycles. The summed E-state index contributed by atoms with van der Waals surface area (Å²) in [4.78, 5) is 34.8.